The van der Waals surface area contributed by atoms with Crippen molar-refractivity contribution in [2.24, 2.45) is 0 Å². The van der Waals surface area contributed by atoms with Gasteiger partial charge in [0.1, 0.15) is 6.17 Å². The molecule has 1 atom stereocenters. The smallest absolute Gasteiger partial charge is 0.335 e. The van der Waals surface area contributed by atoms with Crippen molar-refractivity contribution in [3.8, 4) is 0 Å². The molecule has 138 valence electrons. The molecule has 2 rings (SSSR count). The molecular weight excluding hydrogens is 425 g/mol. The lowest BCUT2D eigenvalue weighted by molar-refractivity contribution is 0.0696. The first-order valence-corrected chi connectivity index (χ1v) is 8.53. The standard InChI is InChI=1S/C15H12Cl3N3O4S/c16-15(17,18)13(20-11(22)10-5-2-6-25-10)21-14(26)19-9-4-1-3-8(7-9)12(23)24/h1-7,13H,(H,20,22)(H,23,24)(H2,19,21,26)/t13-/m1/s1. The molecule has 2 aromatic rings. The minimum atomic E-state index is -1.93. The van der Waals surface area contributed by atoms with Crippen LogP contribution in [0.25, 0.3) is 0 Å². The van der Waals surface area contributed by atoms with Crippen molar-refractivity contribution in [3.05, 3.63) is 54.0 Å². The summed E-state index contributed by atoms with van der Waals surface area (Å²) in [5.74, 6) is -1.68. The fourth-order valence-electron chi connectivity index (χ4n) is 1.84. The molecule has 1 aromatic carbocycles. The molecule has 0 unspecified atom stereocenters. The maximum absolute atomic E-state index is 12.1. The third kappa shape index (κ3) is 5.77. The molecular formula is C15H12Cl3N3O4S. The second-order valence-corrected chi connectivity index (χ2v) is 7.69. The maximum atomic E-state index is 12.1. The molecule has 26 heavy (non-hydrogen) atoms. The number of carboxylic acids is 1. The number of aromatic carboxylic acids is 1. The highest BCUT2D eigenvalue weighted by Crippen LogP contribution is 2.29. The third-order valence-electron chi connectivity index (χ3n) is 2.99. The topological polar surface area (TPSA) is 104 Å². The minimum absolute atomic E-state index is 0.00334. The largest absolute Gasteiger partial charge is 0.478 e. The number of halogens is 3. The van der Waals surface area contributed by atoms with Crippen molar-refractivity contribution < 1.29 is 19.1 Å². The predicted octanol–water partition coefficient (Wildman–Crippen LogP) is 3.39. The third-order valence-corrected chi connectivity index (χ3v) is 3.87. The van der Waals surface area contributed by atoms with Gasteiger partial charge in [-0.2, -0.15) is 0 Å². The van der Waals surface area contributed by atoms with Gasteiger partial charge in [0.2, 0.25) is 3.79 Å². The number of alkyl halides is 3. The lowest BCUT2D eigenvalue weighted by Gasteiger charge is -2.27. The minimum Gasteiger partial charge on any atom is -0.478 e. The quantitative estimate of drug-likeness (QED) is 0.323. The summed E-state index contributed by atoms with van der Waals surface area (Å²) < 4.78 is 3.04. The molecule has 11 heteroatoms. The van der Waals surface area contributed by atoms with Crippen molar-refractivity contribution in [2.45, 2.75) is 9.96 Å². The number of thiocarbonyl (C=S) groups is 1. The summed E-state index contributed by atoms with van der Waals surface area (Å²) in [6, 6.07) is 8.93. The number of nitrogens with one attached hydrogen (secondary N) is 3. The lowest BCUT2D eigenvalue weighted by Crippen LogP contribution is -2.56. The van der Waals surface area contributed by atoms with Gasteiger partial charge >= 0.3 is 5.97 Å². The summed E-state index contributed by atoms with van der Waals surface area (Å²) in [6.45, 7) is 0. The Kier molecular flexibility index (Phi) is 6.71. The highest BCUT2D eigenvalue weighted by molar-refractivity contribution is 7.80. The molecule has 0 fully saturated rings. The Hall–Kier alpha value is -2.00. The molecule has 1 heterocycles. The molecule has 0 spiro atoms. The van der Waals surface area contributed by atoms with E-state index in [4.69, 9.17) is 56.5 Å². The number of rotatable bonds is 5. The molecule has 7 nitrogen and oxygen atoms in total. The summed E-state index contributed by atoms with van der Waals surface area (Å²) in [4.78, 5) is 23.1. The van der Waals surface area contributed by atoms with E-state index in [2.05, 4.69) is 16.0 Å². The van der Waals surface area contributed by atoms with E-state index in [1.165, 1.54) is 30.5 Å². The Morgan fingerprint density at radius 2 is 1.88 bits per heavy atom. The molecule has 0 bridgehead atoms. The number of amides is 1. The number of carbonyl (C=O) groups excluding carboxylic acids is 1. The van der Waals surface area contributed by atoms with Gasteiger partial charge in [0.25, 0.3) is 5.91 Å². The van der Waals surface area contributed by atoms with Gasteiger partial charge in [0.15, 0.2) is 10.9 Å². The highest BCUT2D eigenvalue weighted by atomic mass is 35.6. The van der Waals surface area contributed by atoms with Crippen LogP contribution in [0.2, 0.25) is 0 Å². The van der Waals surface area contributed by atoms with E-state index in [-0.39, 0.29) is 16.4 Å². The number of hydrogen-bond donors (Lipinski definition) is 4. The summed E-state index contributed by atoms with van der Waals surface area (Å²) in [6.07, 6.45) is 0.140. The summed E-state index contributed by atoms with van der Waals surface area (Å²) in [7, 11) is 0. The molecule has 0 aliphatic carbocycles. The van der Waals surface area contributed by atoms with Gasteiger partial charge in [0.05, 0.1) is 11.8 Å². The van der Waals surface area contributed by atoms with Gasteiger partial charge in [-0.25, -0.2) is 4.79 Å². The van der Waals surface area contributed by atoms with Crippen LogP contribution in [0.5, 0.6) is 0 Å². The summed E-state index contributed by atoms with van der Waals surface area (Å²) in [5.41, 5.74) is 0.477. The number of carboxylic acid groups (broad SMARTS) is 1. The Balaban J connectivity index is 2.06. The molecule has 0 aliphatic rings. The second kappa shape index (κ2) is 8.59. The molecule has 1 aromatic heterocycles. The molecule has 1 amide bonds. The Morgan fingerprint density at radius 1 is 1.15 bits per heavy atom. The highest BCUT2D eigenvalue weighted by Gasteiger charge is 2.35. The van der Waals surface area contributed by atoms with Crippen molar-refractivity contribution >= 4 is 69.7 Å². The molecule has 0 saturated carbocycles. The van der Waals surface area contributed by atoms with Gasteiger partial charge in [-0.05, 0) is 42.5 Å². The van der Waals surface area contributed by atoms with Gasteiger partial charge in [-0.1, -0.05) is 40.9 Å². The average molecular weight is 437 g/mol. The van der Waals surface area contributed by atoms with Crippen LogP contribution in [0, 0.1) is 0 Å². The van der Waals surface area contributed by atoms with Crippen molar-refractivity contribution in [3.63, 3.8) is 0 Å². The van der Waals surface area contributed by atoms with Crippen LogP contribution in [0.3, 0.4) is 0 Å². The predicted molar refractivity (Wildman–Crippen MR) is 103 cm³/mol. The average Bonchev–Trinajstić information content (AvgIpc) is 3.08. The van der Waals surface area contributed by atoms with E-state index in [9.17, 15) is 9.59 Å². The number of benzene rings is 1. The summed E-state index contributed by atoms with van der Waals surface area (Å²) >= 11 is 22.8. The van der Waals surface area contributed by atoms with Crippen LogP contribution in [0.15, 0.2) is 47.1 Å². The van der Waals surface area contributed by atoms with Crippen LogP contribution in [0.4, 0.5) is 5.69 Å². The molecule has 0 aliphatic heterocycles. The first-order chi connectivity index (χ1) is 12.2. The first kappa shape index (κ1) is 20.3. The summed E-state index contributed by atoms with van der Waals surface area (Å²) in [5, 5.41) is 16.9. The zero-order valence-electron chi connectivity index (χ0n) is 12.8. The zero-order chi connectivity index (χ0) is 19.3. The van der Waals surface area contributed by atoms with Crippen molar-refractivity contribution in [2.75, 3.05) is 5.32 Å². The van der Waals surface area contributed by atoms with E-state index in [1.54, 1.807) is 12.1 Å². The molecule has 4 N–H and O–H groups in total. The van der Waals surface area contributed by atoms with Crippen LogP contribution in [-0.4, -0.2) is 32.1 Å². The maximum Gasteiger partial charge on any atom is 0.335 e. The van der Waals surface area contributed by atoms with Crippen LogP contribution >= 0.6 is 47.0 Å². The van der Waals surface area contributed by atoms with Crippen LogP contribution < -0.4 is 16.0 Å². The van der Waals surface area contributed by atoms with Gasteiger partial charge in [-0.15, -0.1) is 0 Å². The van der Waals surface area contributed by atoms with E-state index in [0.29, 0.717) is 5.69 Å². The van der Waals surface area contributed by atoms with Gasteiger partial charge in [-0.3, -0.25) is 4.79 Å². The number of anilines is 1. The SMILES string of the molecule is O=C(O)c1cccc(NC(=S)N[C@@H](NC(=O)c2ccco2)C(Cl)(Cl)Cl)c1. The molecule has 0 radical (unpaired) electrons. The van der Waals surface area contributed by atoms with Crippen molar-refractivity contribution in [1.29, 1.82) is 0 Å². The first-order valence-electron chi connectivity index (χ1n) is 6.99. The van der Waals surface area contributed by atoms with E-state index in [0.717, 1.165) is 0 Å². The van der Waals surface area contributed by atoms with Crippen LogP contribution in [-0.2, 0) is 0 Å². The van der Waals surface area contributed by atoms with Gasteiger partial charge < -0.3 is 25.5 Å². The van der Waals surface area contributed by atoms with Crippen LogP contribution in [0.1, 0.15) is 20.9 Å². The number of hydrogen-bond acceptors (Lipinski definition) is 4. The van der Waals surface area contributed by atoms with E-state index < -0.39 is 21.8 Å². The fourth-order valence-corrected chi connectivity index (χ4v) is 2.40. The van der Waals surface area contributed by atoms with Crippen molar-refractivity contribution in [1.82, 2.24) is 10.6 Å². The lowest BCUT2D eigenvalue weighted by atomic mass is 10.2. The Morgan fingerprint density at radius 3 is 2.46 bits per heavy atom. The normalized spacial score (nSPS) is 12.1. The molecule has 0 saturated heterocycles. The Bertz CT molecular complexity index is 809. The van der Waals surface area contributed by atoms with E-state index in [1.807, 2.05) is 0 Å². The number of carbonyl (C=O) groups is 2. The second-order valence-electron chi connectivity index (χ2n) is 4.91. The zero-order valence-corrected chi connectivity index (χ0v) is 15.9. The number of furan rings is 1. The Labute approximate surface area is 168 Å². The fraction of sp³-hybridized carbons (Fsp3) is 0.133. The monoisotopic (exact) mass is 435 g/mol. The van der Waals surface area contributed by atoms with Gasteiger partial charge in [0, 0.05) is 5.69 Å². The van der Waals surface area contributed by atoms with E-state index >= 15 is 0 Å².